The Morgan fingerprint density at radius 2 is 2.26 bits per heavy atom. The van der Waals surface area contributed by atoms with Crippen molar-refractivity contribution in [3.8, 4) is 5.75 Å². The van der Waals surface area contributed by atoms with Crippen LogP contribution in [0.1, 0.15) is 18.9 Å². The highest BCUT2D eigenvalue weighted by Gasteiger charge is 2.06. The number of carbonyl (C=O) groups excluding carboxylic acids is 1. The number of aliphatic hydroxyl groups is 1. The lowest BCUT2D eigenvalue weighted by atomic mass is 10.1. The molecule has 0 aliphatic carbocycles. The SMILES string of the molecule is Cc1cc(OCC(=O)NCC(C)CCO)ccc1Cl. The van der Waals surface area contributed by atoms with E-state index in [9.17, 15) is 4.79 Å². The Hall–Kier alpha value is -1.26. The molecule has 0 aliphatic rings. The van der Waals surface area contributed by atoms with Crippen LogP contribution in [0.4, 0.5) is 0 Å². The molecule has 0 spiro atoms. The average molecular weight is 286 g/mol. The van der Waals surface area contributed by atoms with Gasteiger partial charge in [0.25, 0.3) is 5.91 Å². The molecule has 0 fully saturated rings. The van der Waals surface area contributed by atoms with Crippen LogP contribution >= 0.6 is 11.6 Å². The molecule has 106 valence electrons. The number of hydrogen-bond acceptors (Lipinski definition) is 3. The average Bonchev–Trinajstić information content (AvgIpc) is 2.38. The summed E-state index contributed by atoms with van der Waals surface area (Å²) in [5, 5.41) is 12.2. The number of aryl methyl sites for hydroxylation is 1. The minimum atomic E-state index is -0.169. The van der Waals surface area contributed by atoms with Crippen LogP contribution in [0.25, 0.3) is 0 Å². The maximum atomic E-state index is 11.6. The van der Waals surface area contributed by atoms with E-state index in [0.29, 0.717) is 23.7 Å². The van der Waals surface area contributed by atoms with Crippen molar-refractivity contribution in [2.75, 3.05) is 19.8 Å². The molecule has 1 aromatic rings. The fourth-order valence-electron chi connectivity index (χ4n) is 1.52. The summed E-state index contributed by atoms with van der Waals surface area (Å²) in [6.07, 6.45) is 0.678. The molecule has 0 saturated carbocycles. The van der Waals surface area contributed by atoms with E-state index in [4.69, 9.17) is 21.4 Å². The van der Waals surface area contributed by atoms with Crippen LogP contribution in [0.3, 0.4) is 0 Å². The van der Waals surface area contributed by atoms with E-state index in [2.05, 4.69) is 5.32 Å². The van der Waals surface area contributed by atoms with Crippen LogP contribution in [0.2, 0.25) is 5.02 Å². The fourth-order valence-corrected chi connectivity index (χ4v) is 1.63. The maximum Gasteiger partial charge on any atom is 0.257 e. The number of ether oxygens (including phenoxy) is 1. The zero-order valence-electron chi connectivity index (χ0n) is 11.3. The molecule has 1 amide bonds. The number of halogens is 1. The van der Waals surface area contributed by atoms with Crippen LogP contribution in [0.5, 0.6) is 5.75 Å². The summed E-state index contributed by atoms with van der Waals surface area (Å²) in [6.45, 7) is 4.51. The smallest absolute Gasteiger partial charge is 0.257 e. The van der Waals surface area contributed by atoms with Crippen molar-refractivity contribution < 1.29 is 14.6 Å². The third-order valence-corrected chi connectivity index (χ3v) is 3.19. The number of hydrogen-bond donors (Lipinski definition) is 2. The number of carbonyl (C=O) groups is 1. The summed E-state index contributed by atoms with van der Waals surface area (Å²) >= 11 is 5.90. The molecule has 0 heterocycles. The van der Waals surface area contributed by atoms with Gasteiger partial charge in [0.15, 0.2) is 6.61 Å². The van der Waals surface area contributed by atoms with Gasteiger partial charge in [-0.1, -0.05) is 18.5 Å². The van der Waals surface area contributed by atoms with Crippen molar-refractivity contribution in [3.05, 3.63) is 28.8 Å². The van der Waals surface area contributed by atoms with Crippen LogP contribution in [-0.4, -0.2) is 30.8 Å². The van der Waals surface area contributed by atoms with Crippen LogP contribution in [0, 0.1) is 12.8 Å². The molecule has 0 radical (unpaired) electrons. The molecular formula is C14H20ClNO3. The molecule has 1 aromatic carbocycles. The first-order valence-electron chi connectivity index (χ1n) is 6.29. The first kappa shape index (κ1) is 15.8. The van der Waals surface area contributed by atoms with Crippen LogP contribution < -0.4 is 10.1 Å². The molecule has 5 heteroatoms. The van der Waals surface area contributed by atoms with Crippen LogP contribution in [0.15, 0.2) is 18.2 Å². The van der Waals surface area contributed by atoms with Crippen molar-refractivity contribution in [3.63, 3.8) is 0 Å². The summed E-state index contributed by atoms with van der Waals surface area (Å²) < 4.78 is 5.38. The van der Waals surface area contributed by atoms with Gasteiger partial charge < -0.3 is 15.2 Å². The van der Waals surface area contributed by atoms with E-state index < -0.39 is 0 Å². The second-order valence-electron chi connectivity index (χ2n) is 4.62. The Morgan fingerprint density at radius 3 is 2.89 bits per heavy atom. The highest BCUT2D eigenvalue weighted by molar-refractivity contribution is 6.31. The minimum Gasteiger partial charge on any atom is -0.484 e. The second kappa shape index (κ2) is 8.02. The molecule has 1 rings (SSSR count). The number of rotatable bonds is 7. The van der Waals surface area contributed by atoms with Gasteiger partial charge in [-0.05, 0) is 43.0 Å². The van der Waals surface area contributed by atoms with E-state index >= 15 is 0 Å². The van der Waals surface area contributed by atoms with Crippen molar-refractivity contribution >= 4 is 17.5 Å². The standard InChI is InChI=1S/C14H20ClNO3/c1-10(5-6-17)8-16-14(18)9-19-12-3-4-13(15)11(2)7-12/h3-4,7,10,17H,5-6,8-9H2,1-2H3,(H,16,18). The molecule has 0 saturated heterocycles. The normalized spacial score (nSPS) is 12.0. The molecule has 0 bridgehead atoms. The topological polar surface area (TPSA) is 58.6 Å². The molecule has 2 N–H and O–H groups in total. The van der Waals surface area contributed by atoms with Gasteiger partial charge in [0, 0.05) is 18.2 Å². The lowest BCUT2D eigenvalue weighted by Gasteiger charge is -2.12. The largest absolute Gasteiger partial charge is 0.484 e. The number of amides is 1. The van der Waals surface area contributed by atoms with Gasteiger partial charge in [-0.15, -0.1) is 0 Å². The highest BCUT2D eigenvalue weighted by Crippen LogP contribution is 2.20. The molecule has 19 heavy (non-hydrogen) atoms. The van der Waals surface area contributed by atoms with Gasteiger partial charge in [-0.2, -0.15) is 0 Å². The monoisotopic (exact) mass is 285 g/mol. The van der Waals surface area contributed by atoms with Gasteiger partial charge in [0.2, 0.25) is 0 Å². The molecule has 1 atom stereocenters. The van der Waals surface area contributed by atoms with Gasteiger partial charge in [-0.3, -0.25) is 4.79 Å². The summed E-state index contributed by atoms with van der Waals surface area (Å²) in [7, 11) is 0. The Kier molecular flexibility index (Phi) is 6.67. The predicted octanol–water partition coefficient (Wildman–Crippen LogP) is 2.16. The van der Waals surface area contributed by atoms with Crippen molar-refractivity contribution in [2.24, 2.45) is 5.92 Å². The van der Waals surface area contributed by atoms with E-state index in [0.717, 1.165) is 5.56 Å². The van der Waals surface area contributed by atoms with Gasteiger partial charge in [-0.25, -0.2) is 0 Å². The zero-order chi connectivity index (χ0) is 14.3. The van der Waals surface area contributed by atoms with E-state index in [1.165, 1.54) is 0 Å². The lowest BCUT2D eigenvalue weighted by Crippen LogP contribution is -2.32. The maximum absolute atomic E-state index is 11.6. The molecule has 0 aliphatic heterocycles. The Bertz CT molecular complexity index is 423. The van der Waals surface area contributed by atoms with Gasteiger partial charge in [0.1, 0.15) is 5.75 Å². The second-order valence-corrected chi connectivity index (χ2v) is 5.03. The number of benzene rings is 1. The molecule has 0 aromatic heterocycles. The van der Waals surface area contributed by atoms with Crippen molar-refractivity contribution in [1.82, 2.24) is 5.32 Å². The fraction of sp³-hybridized carbons (Fsp3) is 0.500. The van der Waals surface area contributed by atoms with E-state index in [1.54, 1.807) is 18.2 Å². The summed E-state index contributed by atoms with van der Waals surface area (Å²) in [5.74, 6) is 0.713. The summed E-state index contributed by atoms with van der Waals surface area (Å²) in [5.41, 5.74) is 0.913. The minimum absolute atomic E-state index is 0.0209. The van der Waals surface area contributed by atoms with Gasteiger partial charge >= 0.3 is 0 Å². The zero-order valence-corrected chi connectivity index (χ0v) is 12.0. The number of nitrogens with one attached hydrogen (secondary N) is 1. The summed E-state index contributed by atoms with van der Waals surface area (Å²) in [4.78, 5) is 11.6. The Balaban J connectivity index is 2.31. The van der Waals surface area contributed by atoms with E-state index in [1.807, 2.05) is 13.8 Å². The number of aliphatic hydroxyl groups excluding tert-OH is 1. The molecule has 1 unspecified atom stereocenters. The summed E-state index contributed by atoms with van der Waals surface area (Å²) in [6, 6.07) is 5.27. The first-order chi connectivity index (χ1) is 9.02. The van der Waals surface area contributed by atoms with Crippen molar-refractivity contribution in [2.45, 2.75) is 20.3 Å². The third-order valence-electron chi connectivity index (χ3n) is 2.77. The Morgan fingerprint density at radius 1 is 1.53 bits per heavy atom. The Labute approximate surface area is 118 Å². The van der Waals surface area contributed by atoms with E-state index in [-0.39, 0.29) is 25.0 Å². The predicted molar refractivity (Wildman–Crippen MR) is 75.6 cm³/mol. The third kappa shape index (κ3) is 5.94. The van der Waals surface area contributed by atoms with Crippen LogP contribution in [-0.2, 0) is 4.79 Å². The molecule has 4 nitrogen and oxygen atoms in total. The van der Waals surface area contributed by atoms with Gasteiger partial charge in [0.05, 0.1) is 0 Å². The van der Waals surface area contributed by atoms with Crippen molar-refractivity contribution in [1.29, 1.82) is 0 Å². The molecular weight excluding hydrogens is 266 g/mol. The quantitative estimate of drug-likeness (QED) is 0.807. The lowest BCUT2D eigenvalue weighted by molar-refractivity contribution is -0.123. The first-order valence-corrected chi connectivity index (χ1v) is 6.67. The highest BCUT2D eigenvalue weighted by atomic mass is 35.5.